The van der Waals surface area contributed by atoms with Crippen LogP contribution in [0.5, 0.6) is 0 Å². The fourth-order valence-corrected chi connectivity index (χ4v) is 2.42. The van der Waals surface area contributed by atoms with E-state index in [2.05, 4.69) is 6.92 Å². The van der Waals surface area contributed by atoms with Crippen LogP contribution in [-0.4, -0.2) is 37.1 Å². The van der Waals surface area contributed by atoms with Gasteiger partial charge in [0.2, 0.25) is 5.91 Å². The Balaban J connectivity index is 1.98. The molecule has 1 aliphatic heterocycles. The smallest absolute Gasteiger partial charge is 0.228 e. The molecule has 2 aliphatic rings. The van der Waals surface area contributed by atoms with E-state index in [0.717, 1.165) is 32.4 Å². The topological polar surface area (TPSA) is 29.5 Å². The maximum Gasteiger partial charge on any atom is 0.228 e. The Morgan fingerprint density at radius 2 is 2.00 bits per heavy atom. The van der Waals surface area contributed by atoms with Crippen molar-refractivity contribution in [1.82, 2.24) is 4.90 Å². The minimum absolute atomic E-state index is 0.0113. The van der Waals surface area contributed by atoms with Gasteiger partial charge in [-0.1, -0.05) is 13.3 Å². The number of rotatable bonds is 2. The molecule has 0 unspecified atom stereocenters. The third kappa shape index (κ3) is 1.54. The maximum atomic E-state index is 12.2. The Hall–Kier alpha value is -0.570. The Morgan fingerprint density at radius 3 is 2.43 bits per heavy atom. The first-order valence-corrected chi connectivity index (χ1v) is 5.66. The Bertz CT molecular complexity index is 212. The molecule has 1 saturated heterocycles. The highest BCUT2D eigenvalue weighted by Gasteiger charge is 2.44. The average molecular weight is 197 g/mol. The second-order valence-corrected chi connectivity index (χ2v) is 4.39. The van der Waals surface area contributed by atoms with Gasteiger partial charge in [0.15, 0.2) is 0 Å². The van der Waals surface area contributed by atoms with Crippen LogP contribution in [0.15, 0.2) is 0 Å². The lowest BCUT2D eigenvalue weighted by atomic mass is 9.66. The van der Waals surface area contributed by atoms with Crippen molar-refractivity contribution in [2.24, 2.45) is 5.41 Å². The molecule has 0 aromatic carbocycles. The minimum atomic E-state index is 0.0113. The van der Waals surface area contributed by atoms with Crippen molar-refractivity contribution in [1.29, 1.82) is 0 Å². The molecular formula is C11H19NO2. The van der Waals surface area contributed by atoms with E-state index >= 15 is 0 Å². The third-order valence-corrected chi connectivity index (χ3v) is 3.74. The first kappa shape index (κ1) is 9.97. The molecule has 80 valence electrons. The second kappa shape index (κ2) is 3.89. The van der Waals surface area contributed by atoms with Crippen LogP contribution in [0, 0.1) is 5.41 Å². The Kier molecular flexibility index (Phi) is 2.77. The van der Waals surface area contributed by atoms with Gasteiger partial charge in [-0.2, -0.15) is 0 Å². The van der Waals surface area contributed by atoms with E-state index in [9.17, 15) is 4.79 Å². The molecule has 0 radical (unpaired) electrons. The van der Waals surface area contributed by atoms with Gasteiger partial charge in [-0.25, -0.2) is 0 Å². The normalized spacial score (nSPS) is 25.6. The van der Waals surface area contributed by atoms with Crippen LogP contribution >= 0.6 is 0 Å². The lowest BCUT2D eigenvalue weighted by Crippen LogP contribution is -2.51. The molecule has 3 heteroatoms. The molecule has 1 saturated carbocycles. The molecule has 1 amide bonds. The van der Waals surface area contributed by atoms with Gasteiger partial charge in [-0.3, -0.25) is 4.79 Å². The molecule has 0 spiro atoms. The SMILES string of the molecule is CCC1(C(=O)N2CCOCC2)CCC1. The van der Waals surface area contributed by atoms with Crippen LogP contribution < -0.4 is 0 Å². The average Bonchev–Trinajstić information content (AvgIpc) is 2.18. The van der Waals surface area contributed by atoms with E-state index in [1.165, 1.54) is 6.42 Å². The lowest BCUT2D eigenvalue weighted by molar-refractivity contribution is -0.151. The number of carbonyl (C=O) groups excluding carboxylic acids is 1. The molecule has 3 nitrogen and oxygen atoms in total. The summed E-state index contributed by atoms with van der Waals surface area (Å²) in [6.07, 6.45) is 4.42. The summed E-state index contributed by atoms with van der Waals surface area (Å²) in [6, 6.07) is 0. The lowest BCUT2D eigenvalue weighted by Gasteiger charge is -2.43. The number of ether oxygens (including phenoxy) is 1. The zero-order valence-corrected chi connectivity index (χ0v) is 8.92. The Labute approximate surface area is 85.4 Å². The number of amides is 1. The molecule has 14 heavy (non-hydrogen) atoms. The fourth-order valence-electron chi connectivity index (χ4n) is 2.42. The largest absolute Gasteiger partial charge is 0.378 e. The van der Waals surface area contributed by atoms with Gasteiger partial charge in [0.05, 0.1) is 13.2 Å². The van der Waals surface area contributed by atoms with E-state index in [4.69, 9.17) is 4.74 Å². The van der Waals surface area contributed by atoms with Gasteiger partial charge in [0.25, 0.3) is 0 Å². The van der Waals surface area contributed by atoms with Crippen molar-refractivity contribution >= 4 is 5.91 Å². The zero-order chi connectivity index (χ0) is 10.0. The Morgan fingerprint density at radius 1 is 1.36 bits per heavy atom. The zero-order valence-electron chi connectivity index (χ0n) is 8.92. The van der Waals surface area contributed by atoms with Crippen LogP contribution in [0.25, 0.3) is 0 Å². The minimum Gasteiger partial charge on any atom is -0.378 e. The van der Waals surface area contributed by atoms with Crippen LogP contribution in [-0.2, 0) is 9.53 Å². The third-order valence-electron chi connectivity index (χ3n) is 3.74. The molecule has 0 aromatic heterocycles. The summed E-state index contributed by atoms with van der Waals surface area (Å²) in [7, 11) is 0. The molecule has 0 aromatic rings. The van der Waals surface area contributed by atoms with Crippen molar-refractivity contribution in [3.63, 3.8) is 0 Å². The predicted octanol–water partition coefficient (Wildman–Crippen LogP) is 1.43. The predicted molar refractivity (Wildman–Crippen MR) is 54.0 cm³/mol. The van der Waals surface area contributed by atoms with Gasteiger partial charge in [0.1, 0.15) is 0 Å². The van der Waals surface area contributed by atoms with Gasteiger partial charge >= 0.3 is 0 Å². The summed E-state index contributed by atoms with van der Waals surface area (Å²) in [6.45, 7) is 5.15. The first-order chi connectivity index (χ1) is 6.78. The number of carbonyl (C=O) groups is 1. The molecule has 0 atom stereocenters. The molecule has 1 heterocycles. The fraction of sp³-hybridized carbons (Fsp3) is 0.909. The molecule has 1 aliphatic carbocycles. The van der Waals surface area contributed by atoms with Gasteiger partial charge in [-0.05, 0) is 19.3 Å². The highest BCUT2D eigenvalue weighted by molar-refractivity contribution is 5.83. The van der Waals surface area contributed by atoms with Crippen LogP contribution in [0.2, 0.25) is 0 Å². The van der Waals surface area contributed by atoms with Crippen molar-refractivity contribution in [2.75, 3.05) is 26.3 Å². The summed E-state index contributed by atoms with van der Waals surface area (Å²) >= 11 is 0. The molecule has 0 bridgehead atoms. The van der Waals surface area contributed by atoms with E-state index in [1.807, 2.05) is 4.90 Å². The highest BCUT2D eigenvalue weighted by atomic mass is 16.5. The summed E-state index contributed by atoms with van der Waals surface area (Å²) < 4.78 is 5.25. The standard InChI is InChI=1S/C11H19NO2/c1-2-11(4-3-5-11)10(13)12-6-8-14-9-7-12/h2-9H2,1H3. The van der Waals surface area contributed by atoms with Crippen molar-refractivity contribution in [3.05, 3.63) is 0 Å². The van der Waals surface area contributed by atoms with E-state index < -0.39 is 0 Å². The van der Waals surface area contributed by atoms with Crippen molar-refractivity contribution < 1.29 is 9.53 Å². The summed E-state index contributed by atoms with van der Waals surface area (Å²) in [5.41, 5.74) is 0.0113. The molecule has 2 fully saturated rings. The van der Waals surface area contributed by atoms with Crippen molar-refractivity contribution in [3.8, 4) is 0 Å². The monoisotopic (exact) mass is 197 g/mol. The number of morpholine rings is 1. The number of nitrogens with zero attached hydrogens (tertiary/aromatic N) is 1. The van der Waals surface area contributed by atoms with Crippen LogP contribution in [0.1, 0.15) is 32.6 Å². The molecule has 2 rings (SSSR count). The quantitative estimate of drug-likeness (QED) is 0.670. The number of hydrogen-bond acceptors (Lipinski definition) is 2. The second-order valence-electron chi connectivity index (χ2n) is 4.39. The summed E-state index contributed by atoms with van der Waals surface area (Å²) in [5.74, 6) is 0.384. The van der Waals surface area contributed by atoms with Crippen molar-refractivity contribution in [2.45, 2.75) is 32.6 Å². The highest BCUT2D eigenvalue weighted by Crippen LogP contribution is 2.45. The maximum absolute atomic E-state index is 12.2. The van der Waals surface area contributed by atoms with Crippen LogP contribution in [0.3, 0.4) is 0 Å². The van der Waals surface area contributed by atoms with Gasteiger partial charge in [-0.15, -0.1) is 0 Å². The first-order valence-electron chi connectivity index (χ1n) is 5.66. The van der Waals surface area contributed by atoms with E-state index in [-0.39, 0.29) is 5.41 Å². The molecule has 0 N–H and O–H groups in total. The van der Waals surface area contributed by atoms with Gasteiger partial charge < -0.3 is 9.64 Å². The van der Waals surface area contributed by atoms with Crippen LogP contribution in [0.4, 0.5) is 0 Å². The van der Waals surface area contributed by atoms with E-state index in [1.54, 1.807) is 0 Å². The van der Waals surface area contributed by atoms with Gasteiger partial charge in [0, 0.05) is 18.5 Å². The number of hydrogen-bond donors (Lipinski definition) is 0. The van der Waals surface area contributed by atoms with E-state index in [0.29, 0.717) is 19.1 Å². The molecular weight excluding hydrogens is 178 g/mol. The summed E-state index contributed by atoms with van der Waals surface area (Å²) in [4.78, 5) is 14.2. The summed E-state index contributed by atoms with van der Waals surface area (Å²) in [5, 5.41) is 0.